The van der Waals surface area contributed by atoms with Gasteiger partial charge in [-0.25, -0.2) is 4.39 Å². The van der Waals surface area contributed by atoms with Crippen molar-refractivity contribution in [2.24, 2.45) is 0 Å². The minimum absolute atomic E-state index is 0.232. The van der Waals surface area contributed by atoms with E-state index >= 15 is 0 Å². The number of fused-ring (bicyclic) bond motifs is 3. The highest BCUT2D eigenvalue weighted by Gasteiger charge is 2.10. The predicted molar refractivity (Wildman–Crippen MR) is 138 cm³/mol. The molecule has 4 aromatic carbocycles. The second-order valence-corrected chi connectivity index (χ2v) is 8.70. The Labute approximate surface area is 199 Å². The molecule has 0 aliphatic rings. The van der Waals surface area contributed by atoms with Crippen molar-refractivity contribution in [2.75, 3.05) is 6.54 Å². The van der Waals surface area contributed by atoms with Crippen LogP contribution in [0.2, 0.25) is 0 Å². The fourth-order valence-electron chi connectivity index (χ4n) is 4.52. The van der Waals surface area contributed by atoms with Crippen LogP contribution in [-0.4, -0.2) is 11.1 Å². The van der Waals surface area contributed by atoms with Crippen molar-refractivity contribution < 1.29 is 9.13 Å². The summed E-state index contributed by atoms with van der Waals surface area (Å²) >= 11 is 0. The number of hydrogen-bond donors (Lipinski definition) is 1. The van der Waals surface area contributed by atoms with Crippen LogP contribution in [0.25, 0.3) is 21.8 Å². The highest BCUT2D eigenvalue weighted by atomic mass is 19.1. The molecule has 0 spiro atoms. The minimum atomic E-state index is -0.232. The minimum Gasteiger partial charge on any atom is -0.489 e. The maximum absolute atomic E-state index is 13.0. The normalized spacial score (nSPS) is 12.3. The Morgan fingerprint density at radius 3 is 2.06 bits per heavy atom. The molecule has 0 aliphatic carbocycles. The standard InChI is InChI=1S/C30H29FN2O/c1-22(24-13-17-26(18-14-24)34-21-23-11-15-25(31)16-12-23)32-19-6-20-33-29-9-4-2-7-27(29)28-8-3-5-10-30(28)33/h2-5,7-18,22,32H,6,19-21H2,1H3. The van der Waals surface area contributed by atoms with Crippen molar-refractivity contribution >= 4 is 21.8 Å². The maximum Gasteiger partial charge on any atom is 0.123 e. The van der Waals surface area contributed by atoms with Crippen molar-refractivity contribution in [3.8, 4) is 5.75 Å². The van der Waals surface area contributed by atoms with E-state index in [2.05, 4.69) is 77.5 Å². The molecule has 172 valence electrons. The summed E-state index contributed by atoms with van der Waals surface area (Å²) in [6.07, 6.45) is 1.05. The van der Waals surface area contributed by atoms with Gasteiger partial charge in [0, 0.05) is 34.4 Å². The van der Waals surface area contributed by atoms with Gasteiger partial charge in [-0.05, 0) is 67.4 Å². The highest BCUT2D eigenvalue weighted by molar-refractivity contribution is 6.07. The summed E-state index contributed by atoms with van der Waals surface area (Å²) in [5.41, 5.74) is 4.77. The average Bonchev–Trinajstić information content (AvgIpc) is 3.20. The Bertz CT molecular complexity index is 1320. The number of para-hydroxylation sites is 2. The first kappa shape index (κ1) is 22.2. The van der Waals surface area contributed by atoms with Crippen LogP contribution in [0, 0.1) is 5.82 Å². The van der Waals surface area contributed by atoms with Crippen LogP contribution in [0.1, 0.15) is 30.5 Å². The molecule has 0 saturated carbocycles. The number of rotatable bonds is 9. The van der Waals surface area contributed by atoms with Gasteiger partial charge in [0.05, 0.1) is 0 Å². The van der Waals surface area contributed by atoms with Gasteiger partial charge in [-0.3, -0.25) is 0 Å². The SMILES string of the molecule is CC(NCCCn1c2ccccc2c2ccccc21)c1ccc(OCc2ccc(F)cc2)cc1. The summed E-state index contributed by atoms with van der Waals surface area (Å²) in [4.78, 5) is 0. The fraction of sp³-hybridized carbons (Fsp3) is 0.200. The molecule has 0 bridgehead atoms. The van der Waals surface area contributed by atoms with Gasteiger partial charge in [-0.2, -0.15) is 0 Å². The molecule has 0 saturated heterocycles. The molecule has 4 heteroatoms. The van der Waals surface area contributed by atoms with Crippen molar-refractivity contribution in [1.29, 1.82) is 0 Å². The molecular weight excluding hydrogens is 423 g/mol. The fourth-order valence-corrected chi connectivity index (χ4v) is 4.52. The van der Waals surface area contributed by atoms with E-state index in [0.717, 1.165) is 30.8 Å². The lowest BCUT2D eigenvalue weighted by atomic mass is 10.1. The van der Waals surface area contributed by atoms with Crippen LogP contribution in [0.4, 0.5) is 4.39 Å². The summed E-state index contributed by atoms with van der Waals surface area (Å²) in [7, 11) is 0. The van der Waals surface area contributed by atoms with Crippen LogP contribution in [0.15, 0.2) is 97.1 Å². The van der Waals surface area contributed by atoms with Gasteiger partial charge in [-0.1, -0.05) is 60.7 Å². The van der Waals surface area contributed by atoms with Crippen LogP contribution in [0.3, 0.4) is 0 Å². The first-order chi connectivity index (χ1) is 16.7. The Morgan fingerprint density at radius 1 is 0.794 bits per heavy atom. The predicted octanol–water partition coefficient (Wildman–Crippen LogP) is 7.25. The van der Waals surface area contributed by atoms with Crippen LogP contribution in [0.5, 0.6) is 5.75 Å². The second-order valence-electron chi connectivity index (χ2n) is 8.70. The van der Waals surface area contributed by atoms with E-state index in [1.54, 1.807) is 12.1 Å². The molecule has 1 heterocycles. The van der Waals surface area contributed by atoms with Gasteiger partial charge in [0.15, 0.2) is 0 Å². The maximum atomic E-state index is 13.0. The molecule has 5 aromatic rings. The van der Waals surface area contributed by atoms with Crippen LogP contribution in [-0.2, 0) is 13.2 Å². The van der Waals surface area contributed by atoms with E-state index in [0.29, 0.717) is 6.61 Å². The summed E-state index contributed by atoms with van der Waals surface area (Å²) < 4.78 is 21.3. The second kappa shape index (κ2) is 10.1. The largest absolute Gasteiger partial charge is 0.489 e. The van der Waals surface area contributed by atoms with Crippen LogP contribution < -0.4 is 10.1 Å². The van der Waals surface area contributed by atoms with Crippen molar-refractivity contribution in [3.63, 3.8) is 0 Å². The summed E-state index contributed by atoms with van der Waals surface area (Å²) in [6, 6.07) is 32.2. The molecule has 0 aliphatic heterocycles. The molecule has 5 rings (SSSR count). The number of nitrogens with one attached hydrogen (secondary N) is 1. The Morgan fingerprint density at radius 2 is 1.41 bits per heavy atom. The van der Waals surface area contributed by atoms with Crippen molar-refractivity contribution in [1.82, 2.24) is 9.88 Å². The van der Waals surface area contributed by atoms with Crippen LogP contribution >= 0.6 is 0 Å². The zero-order chi connectivity index (χ0) is 23.3. The van der Waals surface area contributed by atoms with E-state index < -0.39 is 0 Å². The summed E-state index contributed by atoms with van der Waals surface area (Å²) in [6.45, 7) is 4.53. The molecule has 0 radical (unpaired) electrons. The van der Waals surface area contributed by atoms with Gasteiger partial charge in [0.2, 0.25) is 0 Å². The molecule has 3 nitrogen and oxygen atoms in total. The Kier molecular flexibility index (Phi) is 6.59. The lowest BCUT2D eigenvalue weighted by Gasteiger charge is -2.16. The number of nitrogens with zero attached hydrogens (tertiary/aromatic N) is 1. The zero-order valence-corrected chi connectivity index (χ0v) is 19.4. The number of hydrogen-bond acceptors (Lipinski definition) is 2. The number of halogens is 1. The van der Waals surface area contributed by atoms with Gasteiger partial charge in [0.1, 0.15) is 18.2 Å². The van der Waals surface area contributed by atoms with E-state index in [-0.39, 0.29) is 11.9 Å². The summed E-state index contributed by atoms with van der Waals surface area (Å²) in [5.74, 6) is 0.580. The Balaban J connectivity index is 1.14. The third kappa shape index (κ3) is 4.82. The molecule has 34 heavy (non-hydrogen) atoms. The van der Waals surface area contributed by atoms with Gasteiger partial charge in [-0.15, -0.1) is 0 Å². The monoisotopic (exact) mass is 452 g/mol. The first-order valence-electron chi connectivity index (χ1n) is 11.9. The first-order valence-corrected chi connectivity index (χ1v) is 11.9. The quantitative estimate of drug-likeness (QED) is 0.238. The van der Waals surface area contributed by atoms with Gasteiger partial charge >= 0.3 is 0 Å². The summed E-state index contributed by atoms with van der Waals surface area (Å²) in [5, 5.41) is 6.29. The number of aryl methyl sites for hydroxylation is 1. The van der Waals surface area contributed by atoms with Gasteiger partial charge in [0.25, 0.3) is 0 Å². The molecule has 1 aromatic heterocycles. The number of aromatic nitrogens is 1. The van der Waals surface area contributed by atoms with Gasteiger partial charge < -0.3 is 14.6 Å². The molecule has 1 N–H and O–H groups in total. The van der Waals surface area contributed by atoms with E-state index in [1.807, 2.05) is 12.1 Å². The van der Waals surface area contributed by atoms with E-state index in [4.69, 9.17) is 4.74 Å². The average molecular weight is 453 g/mol. The van der Waals surface area contributed by atoms with E-state index in [1.165, 1.54) is 39.5 Å². The smallest absolute Gasteiger partial charge is 0.123 e. The third-order valence-corrected chi connectivity index (χ3v) is 6.39. The topological polar surface area (TPSA) is 26.2 Å². The molecular formula is C30H29FN2O. The molecule has 1 unspecified atom stereocenters. The lowest BCUT2D eigenvalue weighted by Crippen LogP contribution is -2.21. The zero-order valence-electron chi connectivity index (χ0n) is 19.4. The Hall–Kier alpha value is -3.63. The van der Waals surface area contributed by atoms with E-state index in [9.17, 15) is 4.39 Å². The number of ether oxygens (including phenoxy) is 1. The highest BCUT2D eigenvalue weighted by Crippen LogP contribution is 2.28. The molecule has 0 amide bonds. The van der Waals surface area contributed by atoms with Crippen molar-refractivity contribution in [3.05, 3.63) is 114 Å². The molecule has 0 fully saturated rings. The number of benzene rings is 4. The molecule has 1 atom stereocenters. The van der Waals surface area contributed by atoms with Crippen molar-refractivity contribution in [2.45, 2.75) is 32.5 Å². The lowest BCUT2D eigenvalue weighted by molar-refractivity contribution is 0.306. The third-order valence-electron chi connectivity index (χ3n) is 6.39.